The van der Waals surface area contributed by atoms with Crippen LogP contribution in [0.2, 0.25) is 0 Å². The zero-order valence-electron chi connectivity index (χ0n) is 6.63. The third-order valence-corrected chi connectivity index (χ3v) is 1.64. The second-order valence-electron chi connectivity index (χ2n) is 2.83. The Morgan fingerprint density at radius 2 is 1.92 bits per heavy atom. The molecule has 0 aliphatic rings. The summed E-state index contributed by atoms with van der Waals surface area (Å²) in [7, 11) is 0. The molecule has 0 atom stereocenters. The maximum Gasteiger partial charge on any atom is 0.165 e. The molecule has 0 aliphatic carbocycles. The largest absolute Gasteiger partial charge is 0.505 e. The first-order valence-corrected chi connectivity index (χ1v) is 3.60. The number of halogens is 1. The van der Waals surface area contributed by atoms with Gasteiger partial charge in [-0.25, -0.2) is 4.39 Å². The van der Waals surface area contributed by atoms with E-state index in [-0.39, 0.29) is 19.1 Å². The van der Waals surface area contributed by atoms with Crippen molar-refractivity contribution in [2.24, 2.45) is 0 Å². The third-order valence-electron chi connectivity index (χ3n) is 1.64. The molecule has 0 saturated carbocycles. The Hall–Kier alpha value is -1.05. The molecule has 0 unspecified atom stereocenters. The van der Waals surface area contributed by atoms with Crippen LogP contribution in [0.4, 0.5) is 4.39 Å². The van der Waals surface area contributed by atoms with Gasteiger partial charge in [-0.1, -0.05) is 33.4 Å². The first-order valence-electron chi connectivity index (χ1n) is 3.60. The van der Waals surface area contributed by atoms with Crippen molar-refractivity contribution in [1.29, 1.82) is 0 Å². The highest BCUT2D eigenvalue weighted by Crippen LogP contribution is 2.27. The summed E-state index contributed by atoms with van der Waals surface area (Å²) in [5.41, 5.74) is 0.657. The number of hydrogen-bond donors (Lipinski definition) is 1. The summed E-state index contributed by atoms with van der Waals surface area (Å²) < 4.78 is 12.7. The summed E-state index contributed by atoms with van der Waals surface area (Å²) in [6, 6.07) is 4.58. The van der Waals surface area contributed by atoms with Crippen LogP contribution in [0.5, 0.6) is 5.75 Å². The molecule has 0 aromatic heterocycles. The Bertz CT molecular complexity index is 256. The molecule has 1 aromatic rings. The lowest BCUT2D eigenvalue weighted by atomic mass is 10.0. The molecule has 0 radical (unpaired) electrons. The van der Waals surface area contributed by atoms with Crippen LogP contribution in [0.25, 0.3) is 0 Å². The fourth-order valence-electron chi connectivity index (χ4n) is 0.998. The van der Waals surface area contributed by atoms with Crippen molar-refractivity contribution in [2.75, 3.05) is 0 Å². The molecular formula is C10H15FO. The summed E-state index contributed by atoms with van der Waals surface area (Å²) in [6.45, 7) is 3.82. The van der Waals surface area contributed by atoms with Gasteiger partial charge in [0.15, 0.2) is 11.6 Å². The van der Waals surface area contributed by atoms with E-state index in [4.69, 9.17) is 0 Å². The van der Waals surface area contributed by atoms with Crippen molar-refractivity contribution in [3.05, 3.63) is 29.6 Å². The van der Waals surface area contributed by atoms with Crippen LogP contribution < -0.4 is 0 Å². The van der Waals surface area contributed by atoms with Crippen LogP contribution in [0.1, 0.15) is 32.8 Å². The Kier molecular flexibility index (Phi) is 3.74. The van der Waals surface area contributed by atoms with Crippen molar-refractivity contribution in [3.8, 4) is 5.75 Å². The van der Waals surface area contributed by atoms with E-state index >= 15 is 0 Å². The van der Waals surface area contributed by atoms with Gasteiger partial charge in [-0.05, 0) is 17.5 Å². The average molecular weight is 170 g/mol. The third kappa shape index (κ3) is 1.97. The Morgan fingerprint density at radius 1 is 1.33 bits per heavy atom. The van der Waals surface area contributed by atoms with Gasteiger partial charge < -0.3 is 5.11 Å². The molecule has 0 aliphatic heterocycles. The fourth-order valence-corrected chi connectivity index (χ4v) is 0.998. The van der Waals surface area contributed by atoms with Gasteiger partial charge in [0.05, 0.1) is 0 Å². The number of phenolic OH excluding ortho intramolecular Hbond substituents is 1. The van der Waals surface area contributed by atoms with Gasteiger partial charge in [0, 0.05) is 0 Å². The van der Waals surface area contributed by atoms with E-state index in [1.807, 2.05) is 13.8 Å². The maximum absolute atomic E-state index is 12.7. The molecule has 0 spiro atoms. The molecule has 0 heterocycles. The number of hydrogen-bond acceptors (Lipinski definition) is 1. The normalized spacial score (nSPS) is 9.67. The lowest BCUT2D eigenvalue weighted by Crippen LogP contribution is -1.89. The summed E-state index contributed by atoms with van der Waals surface area (Å²) in [5, 5.41) is 9.19. The highest BCUT2D eigenvalue weighted by Gasteiger charge is 2.08. The molecule has 2 heteroatoms. The highest BCUT2D eigenvalue weighted by molar-refractivity contribution is 5.35. The number of rotatable bonds is 1. The summed E-state index contributed by atoms with van der Waals surface area (Å²) in [5.74, 6) is -0.607. The number of aromatic hydroxyl groups is 1. The van der Waals surface area contributed by atoms with Gasteiger partial charge in [-0.3, -0.25) is 0 Å². The number of phenols is 1. The van der Waals surface area contributed by atoms with E-state index in [0.717, 1.165) is 0 Å². The van der Waals surface area contributed by atoms with Crippen molar-refractivity contribution < 1.29 is 9.50 Å². The van der Waals surface area contributed by atoms with Gasteiger partial charge in [0.25, 0.3) is 0 Å². The van der Waals surface area contributed by atoms with E-state index in [1.54, 1.807) is 12.1 Å². The molecule has 0 bridgehead atoms. The van der Waals surface area contributed by atoms with E-state index in [2.05, 4.69) is 0 Å². The van der Waals surface area contributed by atoms with Gasteiger partial charge >= 0.3 is 0 Å². The molecule has 1 nitrogen and oxygen atoms in total. The SMILES string of the molecule is C.CC(C)c1cccc(F)c1O. The van der Waals surface area contributed by atoms with Gasteiger partial charge in [-0.15, -0.1) is 0 Å². The summed E-state index contributed by atoms with van der Waals surface area (Å²) in [4.78, 5) is 0. The van der Waals surface area contributed by atoms with E-state index in [1.165, 1.54) is 6.07 Å². The lowest BCUT2D eigenvalue weighted by Gasteiger charge is -2.07. The van der Waals surface area contributed by atoms with Gasteiger partial charge in [0.1, 0.15) is 0 Å². The van der Waals surface area contributed by atoms with Crippen LogP contribution in [0.15, 0.2) is 18.2 Å². The highest BCUT2D eigenvalue weighted by atomic mass is 19.1. The van der Waals surface area contributed by atoms with Crippen LogP contribution in [-0.2, 0) is 0 Å². The number of para-hydroxylation sites is 1. The van der Waals surface area contributed by atoms with Crippen molar-refractivity contribution >= 4 is 0 Å². The zero-order valence-corrected chi connectivity index (χ0v) is 6.63. The lowest BCUT2D eigenvalue weighted by molar-refractivity contribution is 0.423. The minimum absolute atomic E-state index is 0. The second kappa shape index (κ2) is 4.10. The molecule has 1 aromatic carbocycles. The van der Waals surface area contributed by atoms with Crippen LogP contribution in [0.3, 0.4) is 0 Å². The van der Waals surface area contributed by atoms with Gasteiger partial charge in [-0.2, -0.15) is 0 Å². The Balaban J connectivity index is 0.00000121. The molecule has 12 heavy (non-hydrogen) atoms. The maximum atomic E-state index is 12.7. The van der Waals surface area contributed by atoms with Crippen LogP contribution in [-0.4, -0.2) is 5.11 Å². The van der Waals surface area contributed by atoms with Crippen molar-refractivity contribution in [2.45, 2.75) is 27.2 Å². The minimum Gasteiger partial charge on any atom is -0.505 e. The molecular weight excluding hydrogens is 155 g/mol. The molecule has 0 fully saturated rings. The quantitative estimate of drug-likeness (QED) is 0.685. The molecule has 0 amide bonds. The van der Waals surface area contributed by atoms with Gasteiger partial charge in [0.2, 0.25) is 0 Å². The van der Waals surface area contributed by atoms with E-state index in [0.29, 0.717) is 5.56 Å². The first-order chi connectivity index (χ1) is 5.13. The Morgan fingerprint density at radius 3 is 2.33 bits per heavy atom. The van der Waals surface area contributed by atoms with Crippen LogP contribution >= 0.6 is 0 Å². The van der Waals surface area contributed by atoms with E-state index in [9.17, 15) is 9.50 Å². The van der Waals surface area contributed by atoms with Crippen molar-refractivity contribution in [1.82, 2.24) is 0 Å². The molecule has 68 valence electrons. The fraction of sp³-hybridized carbons (Fsp3) is 0.400. The second-order valence-corrected chi connectivity index (χ2v) is 2.83. The first kappa shape index (κ1) is 11.0. The predicted molar refractivity (Wildman–Crippen MR) is 48.9 cm³/mol. The zero-order chi connectivity index (χ0) is 8.43. The molecule has 1 N–H and O–H groups in total. The van der Waals surface area contributed by atoms with Crippen molar-refractivity contribution in [3.63, 3.8) is 0 Å². The van der Waals surface area contributed by atoms with Crippen LogP contribution in [0, 0.1) is 5.82 Å². The topological polar surface area (TPSA) is 20.2 Å². The standard InChI is InChI=1S/C9H11FO.CH4/c1-6(2)7-4-3-5-8(10)9(7)11;/h3-6,11H,1-2H3;1H4. The summed E-state index contributed by atoms with van der Waals surface area (Å²) in [6.07, 6.45) is 0. The summed E-state index contributed by atoms with van der Waals surface area (Å²) >= 11 is 0. The molecule has 0 saturated heterocycles. The number of benzene rings is 1. The molecule has 1 rings (SSSR count). The Labute approximate surface area is 72.9 Å². The monoisotopic (exact) mass is 170 g/mol. The predicted octanol–water partition coefficient (Wildman–Crippen LogP) is 3.29. The minimum atomic E-state index is -0.545. The average Bonchev–Trinajstić information content (AvgIpc) is 1.94. The van der Waals surface area contributed by atoms with E-state index < -0.39 is 5.82 Å². The smallest absolute Gasteiger partial charge is 0.165 e.